The summed E-state index contributed by atoms with van der Waals surface area (Å²) in [5, 5.41) is 3.93. The van der Waals surface area contributed by atoms with E-state index in [2.05, 4.69) is 10.1 Å². The second-order valence-corrected chi connectivity index (χ2v) is 4.01. The predicted molar refractivity (Wildman–Crippen MR) is 65.5 cm³/mol. The molecular formula is C13H11N3O2. The van der Waals surface area contributed by atoms with Crippen LogP contribution in [0, 0.1) is 0 Å². The maximum absolute atomic E-state index is 10.7. The van der Waals surface area contributed by atoms with Crippen LogP contribution < -0.4 is 0 Å². The van der Waals surface area contributed by atoms with Crippen LogP contribution in [0.25, 0.3) is 17.1 Å². The fourth-order valence-electron chi connectivity index (χ4n) is 1.80. The zero-order chi connectivity index (χ0) is 12.5. The van der Waals surface area contributed by atoms with Crippen molar-refractivity contribution in [1.82, 2.24) is 14.5 Å². The topological polar surface area (TPSA) is 60.4 Å². The highest BCUT2D eigenvalue weighted by Gasteiger charge is 2.10. The number of fused-ring (bicyclic) bond motifs is 1. The van der Waals surface area contributed by atoms with Crippen LogP contribution in [0.4, 0.5) is 0 Å². The lowest BCUT2D eigenvalue weighted by molar-refractivity contribution is 0.112. The van der Waals surface area contributed by atoms with Gasteiger partial charge in [0, 0.05) is 24.0 Å². The SMILES string of the molecule is CCc1cc(-c2cn3cc(C=O)ccc3n2)on1. The molecule has 0 aliphatic carbocycles. The molecule has 0 unspecified atom stereocenters. The summed E-state index contributed by atoms with van der Waals surface area (Å²) < 4.78 is 7.03. The molecule has 0 N–H and O–H groups in total. The number of aromatic nitrogens is 3. The number of rotatable bonds is 3. The summed E-state index contributed by atoms with van der Waals surface area (Å²) in [6.45, 7) is 2.02. The number of carbonyl (C=O) groups excluding carboxylic acids is 1. The van der Waals surface area contributed by atoms with E-state index in [1.165, 1.54) is 0 Å². The second kappa shape index (κ2) is 4.10. The van der Waals surface area contributed by atoms with Gasteiger partial charge in [-0.2, -0.15) is 0 Å². The summed E-state index contributed by atoms with van der Waals surface area (Å²) in [5.74, 6) is 0.642. The van der Waals surface area contributed by atoms with E-state index in [0.29, 0.717) is 17.0 Å². The largest absolute Gasteiger partial charge is 0.354 e. The number of aryl methyl sites for hydroxylation is 1. The normalized spacial score (nSPS) is 10.9. The van der Waals surface area contributed by atoms with E-state index in [0.717, 1.165) is 24.0 Å². The Labute approximate surface area is 103 Å². The van der Waals surface area contributed by atoms with Gasteiger partial charge >= 0.3 is 0 Å². The molecule has 3 heterocycles. The molecule has 0 amide bonds. The Morgan fingerprint density at radius 2 is 2.28 bits per heavy atom. The molecule has 0 aromatic carbocycles. The summed E-state index contributed by atoms with van der Waals surface area (Å²) in [6.07, 6.45) is 5.19. The summed E-state index contributed by atoms with van der Waals surface area (Å²) in [6, 6.07) is 5.41. The van der Waals surface area contributed by atoms with Gasteiger partial charge in [0.05, 0.1) is 5.69 Å². The van der Waals surface area contributed by atoms with E-state index in [1.807, 2.05) is 19.2 Å². The Balaban J connectivity index is 2.09. The highest BCUT2D eigenvalue weighted by Crippen LogP contribution is 2.20. The van der Waals surface area contributed by atoms with E-state index in [-0.39, 0.29) is 0 Å². The first-order chi connectivity index (χ1) is 8.80. The Kier molecular flexibility index (Phi) is 2.44. The van der Waals surface area contributed by atoms with Crippen molar-refractivity contribution in [1.29, 1.82) is 0 Å². The minimum absolute atomic E-state index is 0.610. The Morgan fingerprint density at radius 3 is 3.00 bits per heavy atom. The lowest BCUT2D eigenvalue weighted by atomic mass is 10.3. The maximum Gasteiger partial charge on any atom is 0.187 e. The quantitative estimate of drug-likeness (QED) is 0.660. The molecule has 0 bridgehead atoms. The van der Waals surface area contributed by atoms with Crippen molar-refractivity contribution >= 4 is 11.9 Å². The number of imidazole rings is 1. The van der Waals surface area contributed by atoms with Gasteiger partial charge in [-0.15, -0.1) is 0 Å². The number of pyridine rings is 1. The monoisotopic (exact) mass is 241 g/mol. The minimum Gasteiger partial charge on any atom is -0.354 e. The molecular weight excluding hydrogens is 230 g/mol. The van der Waals surface area contributed by atoms with Gasteiger partial charge in [0.25, 0.3) is 0 Å². The molecule has 0 radical (unpaired) electrons. The molecule has 0 saturated carbocycles. The van der Waals surface area contributed by atoms with E-state index < -0.39 is 0 Å². The Hall–Kier alpha value is -2.43. The minimum atomic E-state index is 0.610. The average Bonchev–Trinajstić information content (AvgIpc) is 3.03. The van der Waals surface area contributed by atoms with Crippen molar-refractivity contribution in [2.24, 2.45) is 0 Å². The van der Waals surface area contributed by atoms with Crippen LogP contribution in [-0.4, -0.2) is 20.8 Å². The molecule has 3 rings (SSSR count). The van der Waals surface area contributed by atoms with E-state index >= 15 is 0 Å². The molecule has 0 aliphatic rings. The summed E-state index contributed by atoms with van der Waals surface area (Å²) in [4.78, 5) is 15.1. The summed E-state index contributed by atoms with van der Waals surface area (Å²) >= 11 is 0. The molecule has 5 heteroatoms. The number of carbonyl (C=O) groups is 1. The smallest absolute Gasteiger partial charge is 0.187 e. The standard InChI is InChI=1S/C13H11N3O2/c1-2-10-5-12(18-15-10)11-7-16-6-9(8-17)3-4-13(16)14-11/h3-8H,2H2,1H3. The third-order valence-corrected chi connectivity index (χ3v) is 2.78. The van der Waals surface area contributed by atoms with Gasteiger partial charge in [0.15, 0.2) is 12.0 Å². The van der Waals surface area contributed by atoms with Crippen molar-refractivity contribution in [3.63, 3.8) is 0 Å². The molecule has 0 saturated heterocycles. The molecule has 5 nitrogen and oxygen atoms in total. The van der Waals surface area contributed by atoms with Gasteiger partial charge in [0.2, 0.25) is 0 Å². The molecule has 18 heavy (non-hydrogen) atoms. The van der Waals surface area contributed by atoms with Crippen LogP contribution in [0.1, 0.15) is 23.0 Å². The van der Waals surface area contributed by atoms with E-state index in [1.54, 1.807) is 22.7 Å². The van der Waals surface area contributed by atoms with Crippen LogP contribution >= 0.6 is 0 Å². The first-order valence-corrected chi connectivity index (χ1v) is 5.70. The van der Waals surface area contributed by atoms with E-state index in [4.69, 9.17) is 4.52 Å². The molecule has 3 aromatic heterocycles. The third kappa shape index (κ3) is 1.69. The molecule has 0 atom stereocenters. The summed E-state index contributed by atoms with van der Waals surface area (Å²) in [7, 11) is 0. The van der Waals surface area contributed by atoms with Gasteiger partial charge < -0.3 is 8.92 Å². The first kappa shape index (κ1) is 10.7. The van der Waals surface area contributed by atoms with Crippen LogP contribution in [0.5, 0.6) is 0 Å². The van der Waals surface area contributed by atoms with Crippen LogP contribution in [-0.2, 0) is 6.42 Å². The van der Waals surface area contributed by atoms with Crippen molar-refractivity contribution < 1.29 is 9.32 Å². The van der Waals surface area contributed by atoms with Crippen LogP contribution in [0.3, 0.4) is 0 Å². The van der Waals surface area contributed by atoms with Crippen molar-refractivity contribution in [2.45, 2.75) is 13.3 Å². The zero-order valence-corrected chi connectivity index (χ0v) is 9.83. The molecule has 0 fully saturated rings. The van der Waals surface area contributed by atoms with Crippen LogP contribution in [0.2, 0.25) is 0 Å². The van der Waals surface area contributed by atoms with Gasteiger partial charge in [-0.25, -0.2) is 4.98 Å². The van der Waals surface area contributed by atoms with Gasteiger partial charge in [-0.1, -0.05) is 12.1 Å². The highest BCUT2D eigenvalue weighted by molar-refractivity contribution is 5.75. The number of aldehydes is 1. The van der Waals surface area contributed by atoms with Crippen LogP contribution in [0.15, 0.2) is 35.1 Å². The fourth-order valence-corrected chi connectivity index (χ4v) is 1.80. The third-order valence-electron chi connectivity index (χ3n) is 2.78. The lowest BCUT2D eigenvalue weighted by Crippen LogP contribution is -1.86. The maximum atomic E-state index is 10.7. The van der Waals surface area contributed by atoms with Crippen molar-refractivity contribution in [3.05, 3.63) is 41.9 Å². The van der Waals surface area contributed by atoms with Crippen molar-refractivity contribution in [3.8, 4) is 11.5 Å². The molecule has 90 valence electrons. The molecule has 0 aliphatic heterocycles. The number of nitrogens with zero attached hydrogens (tertiary/aromatic N) is 3. The fraction of sp³-hybridized carbons (Fsp3) is 0.154. The molecule has 3 aromatic rings. The van der Waals surface area contributed by atoms with Gasteiger partial charge in [-0.3, -0.25) is 4.79 Å². The predicted octanol–water partition coefficient (Wildman–Crippen LogP) is 2.36. The Morgan fingerprint density at radius 1 is 1.39 bits per heavy atom. The van der Waals surface area contributed by atoms with Gasteiger partial charge in [-0.05, 0) is 18.6 Å². The lowest BCUT2D eigenvalue weighted by Gasteiger charge is -1.92. The van der Waals surface area contributed by atoms with Crippen molar-refractivity contribution in [2.75, 3.05) is 0 Å². The highest BCUT2D eigenvalue weighted by atomic mass is 16.5. The number of hydrogen-bond acceptors (Lipinski definition) is 4. The Bertz CT molecular complexity index is 712. The zero-order valence-electron chi connectivity index (χ0n) is 9.83. The second-order valence-electron chi connectivity index (χ2n) is 4.01. The number of hydrogen-bond donors (Lipinski definition) is 0. The van der Waals surface area contributed by atoms with Gasteiger partial charge in [0.1, 0.15) is 11.3 Å². The molecule has 0 spiro atoms. The van der Waals surface area contributed by atoms with E-state index in [9.17, 15) is 4.79 Å². The summed E-state index contributed by atoms with van der Waals surface area (Å²) in [5.41, 5.74) is 2.99. The average molecular weight is 241 g/mol. The first-order valence-electron chi connectivity index (χ1n) is 5.70.